The summed E-state index contributed by atoms with van der Waals surface area (Å²) in [6.45, 7) is 2.28. The molecule has 4 rings (SSSR count). The highest BCUT2D eigenvalue weighted by Gasteiger charge is 2.22. The van der Waals surface area contributed by atoms with Crippen LogP contribution in [0.4, 0.5) is 5.13 Å². The van der Waals surface area contributed by atoms with Gasteiger partial charge in [0, 0.05) is 5.02 Å². The van der Waals surface area contributed by atoms with E-state index in [4.69, 9.17) is 21.0 Å². The average Bonchev–Trinajstić information content (AvgIpc) is 3.33. The Kier molecular flexibility index (Phi) is 4.97. The largest absolute Gasteiger partial charge is 0.467 e. The third-order valence-corrected chi connectivity index (χ3v) is 5.81. The molecule has 6 heteroatoms. The molecule has 0 aliphatic heterocycles. The molecule has 0 saturated carbocycles. The predicted molar refractivity (Wildman–Crippen MR) is 109 cm³/mol. The molecule has 4 nitrogen and oxygen atoms in total. The van der Waals surface area contributed by atoms with Gasteiger partial charge in [-0.2, -0.15) is 0 Å². The Morgan fingerprint density at radius 3 is 2.70 bits per heavy atom. The van der Waals surface area contributed by atoms with Gasteiger partial charge in [0.05, 0.1) is 29.4 Å². The minimum Gasteiger partial charge on any atom is -0.467 e. The number of rotatable bonds is 5. The van der Waals surface area contributed by atoms with E-state index in [0.717, 1.165) is 21.3 Å². The summed E-state index contributed by atoms with van der Waals surface area (Å²) in [5, 5.41) is 1.32. The van der Waals surface area contributed by atoms with E-state index in [0.29, 0.717) is 28.9 Å². The number of anilines is 1. The van der Waals surface area contributed by atoms with Gasteiger partial charge >= 0.3 is 0 Å². The smallest absolute Gasteiger partial charge is 0.233 e. The van der Waals surface area contributed by atoms with Crippen molar-refractivity contribution in [2.24, 2.45) is 0 Å². The second-order valence-electron chi connectivity index (χ2n) is 6.24. The molecule has 0 fully saturated rings. The van der Waals surface area contributed by atoms with Gasteiger partial charge < -0.3 is 4.42 Å². The molecule has 27 heavy (non-hydrogen) atoms. The normalized spacial score (nSPS) is 11.0. The van der Waals surface area contributed by atoms with Gasteiger partial charge in [0.1, 0.15) is 5.76 Å². The van der Waals surface area contributed by atoms with E-state index in [2.05, 4.69) is 0 Å². The van der Waals surface area contributed by atoms with Crippen LogP contribution < -0.4 is 4.90 Å². The lowest BCUT2D eigenvalue weighted by Gasteiger charge is -2.18. The number of carbonyl (C=O) groups excluding carboxylic acids is 1. The van der Waals surface area contributed by atoms with Crippen molar-refractivity contribution in [2.75, 3.05) is 4.90 Å². The number of aryl methyl sites for hydroxylation is 1. The Morgan fingerprint density at radius 2 is 1.96 bits per heavy atom. The first-order valence-electron chi connectivity index (χ1n) is 8.54. The number of carbonyl (C=O) groups is 1. The number of hydrogen-bond donors (Lipinski definition) is 0. The number of amides is 1. The summed E-state index contributed by atoms with van der Waals surface area (Å²) in [5.74, 6) is 0.686. The summed E-state index contributed by atoms with van der Waals surface area (Å²) >= 11 is 7.71. The van der Waals surface area contributed by atoms with Crippen molar-refractivity contribution in [3.8, 4) is 0 Å². The molecule has 0 radical (unpaired) electrons. The summed E-state index contributed by atoms with van der Waals surface area (Å²) in [6, 6.07) is 17.2. The number of halogens is 1. The number of hydrogen-bond acceptors (Lipinski definition) is 4. The summed E-state index contributed by atoms with van der Waals surface area (Å²) < 4.78 is 6.47. The zero-order valence-corrected chi connectivity index (χ0v) is 16.3. The molecule has 0 atom stereocenters. The number of thiazole rings is 1. The van der Waals surface area contributed by atoms with Crippen LogP contribution in [0.25, 0.3) is 10.2 Å². The van der Waals surface area contributed by atoms with Gasteiger partial charge in [-0.15, -0.1) is 0 Å². The van der Waals surface area contributed by atoms with Crippen molar-refractivity contribution < 1.29 is 9.21 Å². The number of furan rings is 1. The Labute approximate surface area is 166 Å². The number of aromatic nitrogens is 1. The third-order valence-electron chi connectivity index (χ3n) is 4.36. The lowest BCUT2D eigenvalue weighted by atomic mass is 10.1. The van der Waals surface area contributed by atoms with Gasteiger partial charge in [-0.1, -0.05) is 53.3 Å². The molecular weight excluding hydrogens is 380 g/mol. The molecule has 0 bridgehead atoms. The van der Waals surface area contributed by atoms with Gasteiger partial charge in [0.15, 0.2) is 5.13 Å². The quantitative estimate of drug-likeness (QED) is 0.439. The van der Waals surface area contributed by atoms with Gasteiger partial charge in [-0.25, -0.2) is 4.98 Å². The van der Waals surface area contributed by atoms with E-state index in [9.17, 15) is 4.79 Å². The first-order valence-corrected chi connectivity index (χ1v) is 9.73. The van der Waals surface area contributed by atoms with Crippen LogP contribution in [-0.4, -0.2) is 10.9 Å². The average molecular weight is 397 g/mol. The summed E-state index contributed by atoms with van der Waals surface area (Å²) in [4.78, 5) is 19.5. The van der Waals surface area contributed by atoms with E-state index >= 15 is 0 Å². The molecule has 0 aliphatic rings. The second-order valence-corrected chi connectivity index (χ2v) is 7.65. The van der Waals surface area contributed by atoms with E-state index in [1.807, 2.05) is 61.5 Å². The van der Waals surface area contributed by atoms with E-state index < -0.39 is 0 Å². The van der Waals surface area contributed by atoms with Crippen LogP contribution >= 0.6 is 22.9 Å². The van der Waals surface area contributed by atoms with Gasteiger partial charge in [-0.05, 0) is 42.3 Å². The minimum atomic E-state index is -0.0274. The Hall–Kier alpha value is -2.63. The number of nitrogens with zero attached hydrogens (tertiary/aromatic N) is 2. The van der Waals surface area contributed by atoms with Crippen LogP contribution in [0.15, 0.2) is 65.3 Å². The summed E-state index contributed by atoms with van der Waals surface area (Å²) in [6.07, 6.45) is 1.91. The van der Waals surface area contributed by atoms with Crippen LogP contribution in [0.1, 0.15) is 16.9 Å². The maximum absolute atomic E-state index is 13.1. The van der Waals surface area contributed by atoms with Crippen molar-refractivity contribution in [2.45, 2.75) is 19.9 Å². The third kappa shape index (κ3) is 3.75. The molecule has 0 saturated heterocycles. The first kappa shape index (κ1) is 17.8. The fourth-order valence-corrected chi connectivity index (χ4v) is 4.09. The van der Waals surface area contributed by atoms with Gasteiger partial charge in [0.25, 0.3) is 0 Å². The molecular formula is C21H17ClN2O2S. The van der Waals surface area contributed by atoms with Crippen molar-refractivity contribution in [1.82, 2.24) is 4.98 Å². The van der Waals surface area contributed by atoms with Crippen molar-refractivity contribution in [3.05, 3.63) is 82.8 Å². The fourth-order valence-electron chi connectivity index (χ4n) is 2.89. The predicted octanol–water partition coefficient (Wildman–Crippen LogP) is 5.63. The Morgan fingerprint density at radius 1 is 1.15 bits per heavy atom. The Bertz CT molecular complexity index is 1070. The monoisotopic (exact) mass is 396 g/mol. The standard InChI is InChI=1S/C21H17ClN2O2S/c1-14-17(22)9-10-18-20(14)23-21(27-18)24(13-16-8-5-11-26-16)19(25)12-15-6-3-2-4-7-15/h2-11H,12-13H2,1H3. The molecule has 2 aromatic carbocycles. The van der Waals surface area contributed by atoms with Gasteiger partial charge in [-0.3, -0.25) is 9.69 Å². The Balaban J connectivity index is 1.71. The lowest BCUT2D eigenvalue weighted by Crippen LogP contribution is -2.31. The highest BCUT2D eigenvalue weighted by atomic mass is 35.5. The molecule has 2 aromatic heterocycles. The number of fused-ring (bicyclic) bond motifs is 1. The topological polar surface area (TPSA) is 46.3 Å². The highest BCUT2D eigenvalue weighted by molar-refractivity contribution is 7.22. The summed E-state index contributed by atoms with van der Waals surface area (Å²) in [5.41, 5.74) is 2.72. The molecule has 0 spiro atoms. The zero-order valence-electron chi connectivity index (χ0n) is 14.7. The lowest BCUT2D eigenvalue weighted by molar-refractivity contribution is -0.118. The molecule has 4 aromatic rings. The van der Waals surface area contributed by atoms with Crippen LogP contribution in [0.3, 0.4) is 0 Å². The van der Waals surface area contributed by atoms with E-state index in [-0.39, 0.29) is 5.91 Å². The van der Waals surface area contributed by atoms with Crippen LogP contribution in [0.5, 0.6) is 0 Å². The van der Waals surface area contributed by atoms with Crippen molar-refractivity contribution >= 4 is 44.2 Å². The SMILES string of the molecule is Cc1c(Cl)ccc2sc(N(Cc3ccco3)C(=O)Cc3ccccc3)nc12. The minimum absolute atomic E-state index is 0.0274. The van der Waals surface area contributed by atoms with Crippen LogP contribution in [0.2, 0.25) is 5.02 Å². The summed E-state index contributed by atoms with van der Waals surface area (Å²) in [7, 11) is 0. The fraction of sp³-hybridized carbons (Fsp3) is 0.143. The molecule has 1 amide bonds. The molecule has 0 aliphatic carbocycles. The van der Waals surface area contributed by atoms with Crippen LogP contribution in [-0.2, 0) is 17.8 Å². The maximum atomic E-state index is 13.1. The molecule has 136 valence electrons. The van der Waals surface area contributed by atoms with Crippen molar-refractivity contribution in [3.63, 3.8) is 0 Å². The first-order chi connectivity index (χ1) is 13.1. The molecule has 0 unspecified atom stereocenters. The molecule has 0 N–H and O–H groups in total. The molecule has 2 heterocycles. The van der Waals surface area contributed by atoms with Crippen LogP contribution in [0, 0.1) is 6.92 Å². The van der Waals surface area contributed by atoms with Crippen molar-refractivity contribution in [1.29, 1.82) is 0 Å². The maximum Gasteiger partial charge on any atom is 0.233 e. The van der Waals surface area contributed by atoms with Gasteiger partial charge in [0.2, 0.25) is 5.91 Å². The van der Waals surface area contributed by atoms with E-state index in [1.54, 1.807) is 11.2 Å². The zero-order chi connectivity index (χ0) is 18.8. The highest BCUT2D eigenvalue weighted by Crippen LogP contribution is 2.34. The second kappa shape index (κ2) is 7.55. The van der Waals surface area contributed by atoms with E-state index in [1.165, 1.54) is 11.3 Å². The number of benzene rings is 2.